The smallest absolute Gasteiger partial charge is 0.332 e. The number of amides is 2. The zero-order valence-electron chi connectivity index (χ0n) is 45.7. The molecule has 392 valence electrons. The van der Waals surface area contributed by atoms with Gasteiger partial charge in [-0.2, -0.15) is 0 Å². The van der Waals surface area contributed by atoms with Gasteiger partial charge in [-0.15, -0.1) is 0 Å². The number of allylic oxidation sites excluding steroid dienone is 6. The van der Waals surface area contributed by atoms with Crippen LogP contribution in [-0.2, 0) is 34.7 Å². The number of benzene rings is 1. The van der Waals surface area contributed by atoms with E-state index in [0.717, 1.165) is 108 Å². The molecule has 0 saturated heterocycles. The van der Waals surface area contributed by atoms with Gasteiger partial charge in [-0.3, -0.25) is 9.59 Å². The lowest BCUT2D eigenvalue weighted by molar-refractivity contribution is -0.158. The third-order valence-corrected chi connectivity index (χ3v) is 29.4. The SMILES string of the molecule is C=C/C=C/C[C@H](OC(=O)C1(NC(=O)C2=CCCCC2)CC1)[C@H](C)[C@@H](O[Si](CC)(CC)CC)/C(C)=C\CCc1cc(O[Si](CC)(CC)CC)cc(NC(=O)C[C@H](/C=C/C=C)OC)c1O[Si](CC)(CC)CC. The van der Waals surface area contributed by atoms with E-state index < -0.39 is 42.7 Å². The maximum atomic E-state index is 14.2. The van der Waals surface area contributed by atoms with E-state index in [0.29, 0.717) is 37.8 Å². The highest BCUT2D eigenvalue weighted by atomic mass is 28.4. The van der Waals surface area contributed by atoms with Crippen LogP contribution in [0.15, 0.2) is 85.0 Å². The number of nitrogens with one attached hydrogen (secondary N) is 2. The molecule has 1 aromatic carbocycles. The molecule has 2 amide bonds. The topological polar surface area (TPSA) is 121 Å². The first-order chi connectivity index (χ1) is 33.5. The molecule has 3 rings (SSSR count). The monoisotopic (exact) mass is 1020 g/mol. The second-order valence-corrected chi connectivity index (χ2v) is 33.9. The van der Waals surface area contributed by atoms with Crippen LogP contribution in [0.25, 0.3) is 0 Å². The molecule has 70 heavy (non-hydrogen) atoms. The Morgan fingerprint density at radius 2 is 1.41 bits per heavy atom. The molecule has 1 saturated carbocycles. The molecule has 2 aliphatic rings. The number of esters is 1. The largest absolute Gasteiger partial charge is 0.543 e. The minimum atomic E-state index is -2.25. The standard InChI is InChI=1S/C57H94N2O8Si3/c1-15-26-29-38-51(64-56(62)57(39-40-57)59-55(61)46-34-30-28-31-35-46)45(13)53(66-69(20-6,21-7)22-8)44(12)33-32-36-47-41-49(65-68(17-3,18-4)19-5)42-50(54(47)67-70(23-9,24-10)25-11)58-52(60)43-48(63-14)37-27-16-2/h15-16,26-27,29,33-34,37,41-42,45,48,51,53H,1-2,17-25,28,30-32,35-36,38-40,43H2,3-14H3,(H,58,60)(H,59,61)/b29-26+,37-27+,44-33-/t45-,48-,51-,53-/m0/s1. The number of anilines is 1. The fourth-order valence-electron chi connectivity index (χ4n) is 9.76. The van der Waals surface area contributed by atoms with E-state index >= 15 is 0 Å². The van der Waals surface area contributed by atoms with E-state index in [1.807, 2.05) is 30.4 Å². The molecule has 0 aromatic heterocycles. The Morgan fingerprint density at radius 3 is 1.94 bits per heavy atom. The summed E-state index contributed by atoms with van der Waals surface area (Å²) in [6.07, 6.45) is 20.7. The molecular weight excluding hydrogens is 925 g/mol. The molecule has 0 heterocycles. The molecule has 0 bridgehead atoms. The van der Waals surface area contributed by atoms with Gasteiger partial charge >= 0.3 is 5.97 Å². The van der Waals surface area contributed by atoms with Crippen LogP contribution in [-0.4, -0.2) is 73.7 Å². The highest BCUT2D eigenvalue weighted by molar-refractivity contribution is 6.75. The summed E-state index contributed by atoms with van der Waals surface area (Å²) in [6, 6.07) is 12.8. The van der Waals surface area contributed by atoms with Gasteiger partial charge in [-0.25, -0.2) is 4.79 Å². The number of rotatable bonds is 34. The summed E-state index contributed by atoms with van der Waals surface area (Å²) >= 11 is 0. The van der Waals surface area contributed by atoms with E-state index in [9.17, 15) is 14.4 Å². The predicted octanol–water partition coefficient (Wildman–Crippen LogP) is 14.6. The van der Waals surface area contributed by atoms with Crippen LogP contribution in [0.4, 0.5) is 5.69 Å². The summed E-state index contributed by atoms with van der Waals surface area (Å²) in [4.78, 5) is 41.6. The number of methoxy groups -OCH3 is 1. The highest BCUT2D eigenvalue weighted by Gasteiger charge is 2.54. The van der Waals surface area contributed by atoms with Crippen molar-refractivity contribution in [3.8, 4) is 11.5 Å². The number of hydrogen-bond acceptors (Lipinski definition) is 8. The molecule has 1 fully saturated rings. The lowest BCUT2D eigenvalue weighted by Gasteiger charge is -2.39. The molecular formula is C57H94N2O8Si3. The second-order valence-electron chi connectivity index (χ2n) is 19.8. The van der Waals surface area contributed by atoms with Crippen molar-refractivity contribution in [2.24, 2.45) is 5.92 Å². The summed E-state index contributed by atoms with van der Waals surface area (Å²) in [5.74, 6) is 0.579. The first-order valence-electron chi connectivity index (χ1n) is 27.1. The number of ether oxygens (including phenoxy) is 2. The quantitative estimate of drug-likeness (QED) is 0.0303. The van der Waals surface area contributed by atoms with Crippen LogP contribution in [0, 0.1) is 5.92 Å². The molecule has 0 radical (unpaired) electrons. The lowest BCUT2D eigenvalue weighted by atomic mass is 9.90. The van der Waals surface area contributed by atoms with Crippen LogP contribution in [0.1, 0.15) is 140 Å². The number of carbonyl (C=O) groups is 3. The Balaban J connectivity index is 2.16. The summed E-state index contributed by atoms with van der Waals surface area (Å²) in [5, 5.41) is 6.38. The summed E-state index contributed by atoms with van der Waals surface area (Å²) in [5.41, 5.74) is 2.48. The molecule has 2 N–H and O–H groups in total. The normalized spacial score (nSPS) is 17.0. The molecule has 0 aliphatic heterocycles. The van der Waals surface area contributed by atoms with Crippen molar-refractivity contribution in [2.45, 2.75) is 219 Å². The predicted molar refractivity (Wildman–Crippen MR) is 299 cm³/mol. The molecule has 10 nitrogen and oxygen atoms in total. The third kappa shape index (κ3) is 16.9. The van der Waals surface area contributed by atoms with Crippen molar-refractivity contribution in [2.75, 3.05) is 12.4 Å². The average molecular weight is 1020 g/mol. The van der Waals surface area contributed by atoms with Crippen LogP contribution in [0.5, 0.6) is 11.5 Å². The van der Waals surface area contributed by atoms with Crippen molar-refractivity contribution in [1.82, 2.24) is 5.32 Å². The first kappa shape index (κ1) is 60.5. The summed E-state index contributed by atoms with van der Waals surface area (Å²) in [6.45, 7) is 32.1. The fraction of sp³-hybridized carbons (Fsp3) is 0.632. The second kappa shape index (κ2) is 29.7. The van der Waals surface area contributed by atoms with Gasteiger partial charge in [-0.1, -0.05) is 131 Å². The fourth-order valence-corrected chi connectivity index (χ4v) is 17.9. The maximum absolute atomic E-state index is 14.2. The first-order valence-corrected chi connectivity index (χ1v) is 34.6. The Labute approximate surface area is 428 Å². The number of hydrogen-bond donors (Lipinski definition) is 2. The number of aryl methyl sites for hydroxylation is 1. The van der Waals surface area contributed by atoms with Gasteiger partial charge in [0.05, 0.1) is 24.3 Å². The van der Waals surface area contributed by atoms with Crippen LogP contribution >= 0.6 is 0 Å². The Bertz CT molecular complexity index is 1950. The minimum Gasteiger partial charge on any atom is -0.543 e. The van der Waals surface area contributed by atoms with E-state index in [1.54, 1.807) is 25.3 Å². The lowest BCUT2D eigenvalue weighted by Crippen LogP contribution is -2.49. The van der Waals surface area contributed by atoms with E-state index in [1.165, 1.54) is 0 Å². The van der Waals surface area contributed by atoms with E-state index in [2.05, 4.69) is 112 Å². The van der Waals surface area contributed by atoms with Crippen LogP contribution in [0.3, 0.4) is 0 Å². The Morgan fingerprint density at radius 1 is 0.814 bits per heavy atom. The Hall–Kier alpha value is -3.76. The van der Waals surface area contributed by atoms with Crippen molar-refractivity contribution in [3.63, 3.8) is 0 Å². The molecule has 1 aromatic rings. The van der Waals surface area contributed by atoms with Crippen LogP contribution in [0.2, 0.25) is 54.4 Å². The molecule has 0 unspecified atom stereocenters. The van der Waals surface area contributed by atoms with Crippen molar-refractivity contribution in [1.29, 1.82) is 0 Å². The van der Waals surface area contributed by atoms with Gasteiger partial charge in [0.1, 0.15) is 23.1 Å². The van der Waals surface area contributed by atoms with Gasteiger partial charge in [0, 0.05) is 31.1 Å². The third-order valence-electron chi connectivity index (χ3n) is 15.8. The summed E-state index contributed by atoms with van der Waals surface area (Å²) < 4.78 is 34.1. The van der Waals surface area contributed by atoms with Gasteiger partial charge in [0.15, 0.2) is 8.32 Å². The highest BCUT2D eigenvalue weighted by Crippen LogP contribution is 2.42. The van der Waals surface area contributed by atoms with Gasteiger partial charge in [-0.05, 0) is 130 Å². The van der Waals surface area contributed by atoms with E-state index in [-0.39, 0.29) is 36.2 Å². The molecule has 0 spiro atoms. The molecule has 2 aliphatic carbocycles. The minimum absolute atomic E-state index is 0.128. The number of carbonyl (C=O) groups excluding carboxylic acids is 3. The Kier molecular flexibility index (Phi) is 25.7. The zero-order valence-corrected chi connectivity index (χ0v) is 48.7. The summed E-state index contributed by atoms with van der Waals surface area (Å²) in [7, 11) is -4.97. The molecule has 13 heteroatoms. The van der Waals surface area contributed by atoms with Crippen LogP contribution < -0.4 is 19.5 Å². The van der Waals surface area contributed by atoms with Crippen molar-refractivity contribution < 1.29 is 37.1 Å². The van der Waals surface area contributed by atoms with Crippen molar-refractivity contribution in [3.05, 3.63) is 90.6 Å². The van der Waals surface area contributed by atoms with Gasteiger partial charge in [0.25, 0.3) is 8.32 Å². The van der Waals surface area contributed by atoms with E-state index in [4.69, 9.17) is 22.8 Å². The zero-order chi connectivity index (χ0) is 52.0. The van der Waals surface area contributed by atoms with Gasteiger partial charge in [0.2, 0.25) is 20.1 Å². The molecule has 4 atom stereocenters. The van der Waals surface area contributed by atoms with Gasteiger partial charge < -0.3 is 33.4 Å². The van der Waals surface area contributed by atoms with Crippen molar-refractivity contribution >= 4 is 48.4 Å². The maximum Gasteiger partial charge on any atom is 0.332 e. The average Bonchev–Trinajstić information content (AvgIpc) is 4.17.